The van der Waals surface area contributed by atoms with Crippen molar-refractivity contribution in [3.05, 3.63) is 35.9 Å². The molecule has 1 heterocycles. The van der Waals surface area contributed by atoms with Crippen molar-refractivity contribution in [2.24, 2.45) is 5.92 Å². The van der Waals surface area contributed by atoms with Crippen LogP contribution < -0.4 is 5.32 Å². The second kappa shape index (κ2) is 6.81. The Bertz CT molecular complexity index is 668. The molecule has 1 N–H and O–H groups in total. The second-order valence-electron chi connectivity index (χ2n) is 5.93. The van der Waals surface area contributed by atoms with Gasteiger partial charge in [-0.25, -0.2) is 4.39 Å². The molecule has 1 aliphatic rings. The zero-order valence-corrected chi connectivity index (χ0v) is 12.5. The minimum atomic E-state index is -0.468. The number of rotatable bonds is 5. The fourth-order valence-electron chi connectivity index (χ4n) is 3.20. The Morgan fingerprint density at radius 2 is 2.00 bits per heavy atom. The lowest BCUT2D eigenvalue weighted by atomic mass is 10.0. The van der Waals surface area contributed by atoms with E-state index in [4.69, 9.17) is 0 Å². The summed E-state index contributed by atoms with van der Waals surface area (Å²) < 4.78 is 13.6. The van der Waals surface area contributed by atoms with E-state index in [-0.39, 0.29) is 11.5 Å². The van der Waals surface area contributed by atoms with Gasteiger partial charge in [0.2, 0.25) is 0 Å². The number of hydrogen-bond donors (Lipinski definition) is 1. The minimum Gasteiger partial charge on any atom is -0.352 e. The zero-order valence-electron chi connectivity index (χ0n) is 12.5. The maximum atomic E-state index is 13.6. The number of carbonyl (C=O) groups is 1. The highest BCUT2D eigenvalue weighted by atomic mass is 19.1. The first kappa shape index (κ1) is 14.9. The lowest BCUT2D eigenvalue weighted by Gasteiger charge is -2.10. The van der Waals surface area contributed by atoms with E-state index in [9.17, 15) is 9.18 Å². The molecule has 2 aromatic rings. The highest BCUT2D eigenvalue weighted by Gasteiger charge is 2.16. The molecule has 1 aliphatic carbocycles. The maximum absolute atomic E-state index is 13.6. The predicted molar refractivity (Wildman–Crippen MR) is 83.0 cm³/mol. The highest BCUT2D eigenvalue weighted by molar-refractivity contribution is 6.04. The molecule has 3 rings (SSSR count). The van der Waals surface area contributed by atoms with Gasteiger partial charge in [0.15, 0.2) is 0 Å². The molecule has 1 fully saturated rings. The van der Waals surface area contributed by atoms with Crippen molar-refractivity contribution in [3.63, 3.8) is 0 Å². The monoisotopic (exact) mass is 301 g/mol. The topological polar surface area (TPSA) is 54.9 Å². The summed E-state index contributed by atoms with van der Waals surface area (Å²) in [5, 5.41) is 2.87. The summed E-state index contributed by atoms with van der Waals surface area (Å²) in [5.41, 5.74) is 1.10. The van der Waals surface area contributed by atoms with E-state index >= 15 is 0 Å². The summed E-state index contributed by atoms with van der Waals surface area (Å²) >= 11 is 0. The molecule has 1 saturated carbocycles. The van der Waals surface area contributed by atoms with Crippen LogP contribution in [-0.2, 0) is 0 Å². The van der Waals surface area contributed by atoms with Crippen LogP contribution >= 0.6 is 0 Å². The van der Waals surface area contributed by atoms with Crippen LogP contribution in [0.4, 0.5) is 4.39 Å². The Labute approximate surface area is 129 Å². The van der Waals surface area contributed by atoms with Crippen LogP contribution in [0.3, 0.4) is 0 Å². The van der Waals surface area contributed by atoms with Gasteiger partial charge in [-0.3, -0.25) is 14.8 Å². The molecule has 0 aliphatic heterocycles. The van der Waals surface area contributed by atoms with Crippen molar-refractivity contribution in [2.45, 2.75) is 38.5 Å². The Morgan fingerprint density at radius 3 is 2.82 bits per heavy atom. The molecule has 5 heteroatoms. The van der Waals surface area contributed by atoms with Crippen molar-refractivity contribution in [3.8, 4) is 0 Å². The van der Waals surface area contributed by atoms with E-state index in [1.165, 1.54) is 50.2 Å². The van der Waals surface area contributed by atoms with E-state index in [1.54, 1.807) is 0 Å². The second-order valence-corrected chi connectivity index (χ2v) is 5.93. The average Bonchev–Trinajstić information content (AvgIpc) is 3.04. The third kappa shape index (κ3) is 3.40. The average molecular weight is 301 g/mol. The largest absolute Gasteiger partial charge is 0.352 e. The van der Waals surface area contributed by atoms with Crippen LogP contribution in [-0.4, -0.2) is 22.4 Å². The number of nitrogens with zero attached hydrogens (tertiary/aromatic N) is 2. The van der Waals surface area contributed by atoms with Crippen LogP contribution in [0.2, 0.25) is 0 Å². The summed E-state index contributed by atoms with van der Waals surface area (Å²) in [6, 6.07) is 2.52. The number of amides is 1. The number of hydrogen-bond acceptors (Lipinski definition) is 3. The Kier molecular flexibility index (Phi) is 4.61. The van der Waals surface area contributed by atoms with Crippen LogP contribution in [0.25, 0.3) is 11.0 Å². The number of aromatic nitrogens is 2. The summed E-state index contributed by atoms with van der Waals surface area (Å²) in [6.45, 7) is 0.619. The van der Waals surface area contributed by atoms with E-state index < -0.39 is 5.82 Å². The van der Waals surface area contributed by atoms with Gasteiger partial charge >= 0.3 is 0 Å². The smallest absolute Gasteiger partial charge is 0.253 e. The van der Waals surface area contributed by atoms with Gasteiger partial charge in [-0.1, -0.05) is 25.7 Å². The lowest BCUT2D eigenvalue weighted by Crippen LogP contribution is -2.25. The van der Waals surface area contributed by atoms with Gasteiger partial charge in [0, 0.05) is 25.0 Å². The van der Waals surface area contributed by atoms with Gasteiger partial charge in [0.05, 0.1) is 11.1 Å². The summed E-state index contributed by atoms with van der Waals surface area (Å²) in [6.07, 6.45) is 10.4. The van der Waals surface area contributed by atoms with E-state index in [2.05, 4.69) is 15.3 Å². The molecule has 0 spiro atoms. The zero-order chi connectivity index (χ0) is 15.4. The third-order valence-corrected chi connectivity index (χ3v) is 4.33. The molecule has 0 unspecified atom stereocenters. The Hall–Kier alpha value is -2.04. The van der Waals surface area contributed by atoms with Crippen molar-refractivity contribution in [1.29, 1.82) is 0 Å². The van der Waals surface area contributed by atoms with Crippen molar-refractivity contribution in [1.82, 2.24) is 15.3 Å². The fourth-order valence-corrected chi connectivity index (χ4v) is 3.20. The highest BCUT2D eigenvalue weighted by Crippen LogP contribution is 2.28. The molecule has 1 amide bonds. The molecule has 0 bridgehead atoms. The SMILES string of the molecule is O=C(NCCCC1CCCC1)c1cc(F)cc2nccnc12. The van der Waals surface area contributed by atoms with Gasteiger partial charge in [0.1, 0.15) is 11.3 Å². The molecular weight excluding hydrogens is 281 g/mol. The van der Waals surface area contributed by atoms with E-state index in [0.717, 1.165) is 18.8 Å². The van der Waals surface area contributed by atoms with Gasteiger partial charge in [-0.05, 0) is 24.8 Å². The predicted octanol–water partition coefficient (Wildman–Crippen LogP) is 3.47. The number of halogens is 1. The normalized spacial score (nSPS) is 15.3. The summed E-state index contributed by atoms with van der Waals surface area (Å²) in [5.74, 6) is 0.0679. The van der Waals surface area contributed by atoms with Crippen LogP contribution in [0.1, 0.15) is 48.9 Å². The van der Waals surface area contributed by atoms with E-state index in [1.807, 2.05) is 0 Å². The molecule has 4 nitrogen and oxygen atoms in total. The van der Waals surface area contributed by atoms with Crippen LogP contribution in [0, 0.1) is 11.7 Å². The summed E-state index contributed by atoms with van der Waals surface area (Å²) in [4.78, 5) is 20.5. The standard InChI is InChI=1S/C17H20FN3O/c18-13-10-14(16-15(11-13)19-8-9-20-16)17(22)21-7-3-6-12-4-1-2-5-12/h8-12H,1-7H2,(H,21,22). The van der Waals surface area contributed by atoms with Crippen LogP contribution in [0.5, 0.6) is 0 Å². The first-order valence-corrected chi connectivity index (χ1v) is 7.92. The lowest BCUT2D eigenvalue weighted by molar-refractivity contribution is 0.0953. The minimum absolute atomic E-state index is 0.254. The number of benzene rings is 1. The first-order valence-electron chi connectivity index (χ1n) is 7.92. The van der Waals surface area contributed by atoms with Gasteiger partial charge in [-0.15, -0.1) is 0 Å². The molecule has 0 saturated heterocycles. The molecule has 116 valence electrons. The third-order valence-electron chi connectivity index (χ3n) is 4.33. The first-order chi connectivity index (χ1) is 10.7. The number of nitrogens with one attached hydrogen (secondary N) is 1. The van der Waals surface area contributed by atoms with Crippen LogP contribution in [0.15, 0.2) is 24.5 Å². The van der Waals surface area contributed by atoms with Gasteiger partial charge < -0.3 is 5.32 Å². The maximum Gasteiger partial charge on any atom is 0.253 e. The molecule has 0 atom stereocenters. The van der Waals surface area contributed by atoms with Crippen molar-refractivity contribution in [2.75, 3.05) is 6.54 Å². The molecule has 22 heavy (non-hydrogen) atoms. The molecule has 1 aromatic heterocycles. The van der Waals surface area contributed by atoms with Gasteiger partial charge in [-0.2, -0.15) is 0 Å². The summed E-state index contributed by atoms with van der Waals surface area (Å²) in [7, 11) is 0. The Morgan fingerprint density at radius 1 is 1.23 bits per heavy atom. The number of carbonyl (C=O) groups excluding carboxylic acids is 1. The van der Waals surface area contributed by atoms with E-state index in [0.29, 0.717) is 17.6 Å². The fraction of sp³-hybridized carbons (Fsp3) is 0.471. The van der Waals surface area contributed by atoms with Gasteiger partial charge in [0.25, 0.3) is 5.91 Å². The van der Waals surface area contributed by atoms with Crippen molar-refractivity contribution >= 4 is 16.9 Å². The number of fused-ring (bicyclic) bond motifs is 1. The molecular formula is C17H20FN3O. The molecule has 1 aromatic carbocycles. The quantitative estimate of drug-likeness (QED) is 0.860. The molecule has 0 radical (unpaired) electrons. The Balaban J connectivity index is 1.62. The van der Waals surface area contributed by atoms with Crippen molar-refractivity contribution < 1.29 is 9.18 Å².